The van der Waals surface area contributed by atoms with E-state index in [9.17, 15) is 14.4 Å². The van der Waals surface area contributed by atoms with Gasteiger partial charge in [-0.25, -0.2) is 0 Å². The van der Waals surface area contributed by atoms with Gasteiger partial charge in [0, 0.05) is 5.56 Å². The SMILES string of the molecule is CCOc1ccccc1/C=C1/SC(=O)N(CC(=O)Nc2ccccc2Cl)C1=O. The van der Waals surface area contributed by atoms with Crippen LogP contribution in [0, 0.1) is 0 Å². The number of para-hydroxylation sites is 2. The lowest BCUT2D eigenvalue weighted by atomic mass is 10.2. The van der Waals surface area contributed by atoms with Crippen molar-refractivity contribution in [2.45, 2.75) is 6.92 Å². The summed E-state index contributed by atoms with van der Waals surface area (Å²) in [6.07, 6.45) is 1.60. The molecule has 3 rings (SSSR count). The van der Waals surface area contributed by atoms with Gasteiger partial charge in [-0.3, -0.25) is 19.3 Å². The van der Waals surface area contributed by atoms with E-state index < -0.39 is 17.1 Å². The van der Waals surface area contributed by atoms with Crippen LogP contribution < -0.4 is 10.1 Å². The summed E-state index contributed by atoms with van der Waals surface area (Å²) in [7, 11) is 0. The summed E-state index contributed by atoms with van der Waals surface area (Å²) in [4.78, 5) is 38.3. The molecule has 28 heavy (non-hydrogen) atoms. The van der Waals surface area contributed by atoms with E-state index in [2.05, 4.69) is 5.32 Å². The van der Waals surface area contributed by atoms with Gasteiger partial charge < -0.3 is 10.1 Å². The molecule has 1 heterocycles. The Balaban J connectivity index is 1.73. The molecule has 0 saturated carbocycles. The molecule has 1 fully saturated rings. The van der Waals surface area contributed by atoms with Crippen LogP contribution in [0.2, 0.25) is 5.02 Å². The maximum absolute atomic E-state index is 12.6. The zero-order chi connectivity index (χ0) is 20.1. The van der Waals surface area contributed by atoms with Crippen LogP contribution in [0.15, 0.2) is 53.4 Å². The molecule has 0 aliphatic carbocycles. The lowest BCUT2D eigenvalue weighted by molar-refractivity contribution is -0.127. The van der Waals surface area contributed by atoms with E-state index in [-0.39, 0.29) is 11.4 Å². The van der Waals surface area contributed by atoms with Gasteiger partial charge in [0.05, 0.1) is 22.2 Å². The topological polar surface area (TPSA) is 75.7 Å². The highest BCUT2D eigenvalue weighted by Gasteiger charge is 2.36. The molecule has 0 unspecified atom stereocenters. The number of hydrogen-bond donors (Lipinski definition) is 1. The molecule has 0 spiro atoms. The van der Waals surface area contributed by atoms with Crippen LogP contribution in [-0.2, 0) is 9.59 Å². The third-order valence-corrected chi connectivity index (χ3v) is 5.07. The van der Waals surface area contributed by atoms with Gasteiger partial charge in [0.2, 0.25) is 5.91 Å². The number of anilines is 1. The van der Waals surface area contributed by atoms with Crippen LogP contribution in [0.25, 0.3) is 6.08 Å². The standard InChI is InChI=1S/C20H17ClN2O4S/c1-2-27-16-10-6-3-7-13(16)11-17-19(25)23(20(26)28-17)12-18(24)22-15-9-5-4-8-14(15)21/h3-11H,2,12H2,1H3,(H,22,24)/b17-11+. The minimum absolute atomic E-state index is 0.239. The molecule has 144 valence electrons. The Hall–Kier alpha value is -2.77. The second-order valence-electron chi connectivity index (χ2n) is 5.77. The van der Waals surface area contributed by atoms with Crippen molar-refractivity contribution in [3.8, 4) is 5.75 Å². The van der Waals surface area contributed by atoms with Gasteiger partial charge in [-0.15, -0.1) is 0 Å². The van der Waals surface area contributed by atoms with Crippen LogP contribution in [0.3, 0.4) is 0 Å². The molecule has 0 atom stereocenters. The summed E-state index contributed by atoms with van der Waals surface area (Å²) < 4.78 is 5.54. The van der Waals surface area contributed by atoms with Gasteiger partial charge in [-0.05, 0) is 43.0 Å². The number of carbonyl (C=O) groups excluding carboxylic acids is 3. The number of halogens is 1. The van der Waals surface area contributed by atoms with Crippen LogP contribution >= 0.6 is 23.4 Å². The van der Waals surface area contributed by atoms with Crippen molar-refractivity contribution in [2.24, 2.45) is 0 Å². The average molecular weight is 417 g/mol. The van der Waals surface area contributed by atoms with Gasteiger partial charge in [-0.1, -0.05) is 41.9 Å². The number of nitrogens with one attached hydrogen (secondary N) is 1. The summed E-state index contributed by atoms with van der Waals surface area (Å²) in [6, 6.07) is 14.0. The molecule has 2 aromatic rings. The zero-order valence-electron chi connectivity index (χ0n) is 15.0. The Morgan fingerprint density at radius 3 is 2.64 bits per heavy atom. The van der Waals surface area contributed by atoms with E-state index in [4.69, 9.17) is 16.3 Å². The number of ether oxygens (including phenoxy) is 1. The molecular weight excluding hydrogens is 400 g/mol. The molecular formula is C20H17ClN2O4S. The number of hydrogen-bond acceptors (Lipinski definition) is 5. The van der Waals surface area contributed by atoms with Crippen LogP contribution in [0.1, 0.15) is 12.5 Å². The Bertz CT molecular complexity index is 961. The number of imide groups is 1. The second kappa shape index (κ2) is 8.95. The smallest absolute Gasteiger partial charge is 0.294 e. The minimum Gasteiger partial charge on any atom is -0.493 e. The van der Waals surface area contributed by atoms with Gasteiger partial charge in [0.25, 0.3) is 11.1 Å². The number of thioether (sulfide) groups is 1. The van der Waals surface area contributed by atoms with Gasteiger partial charge in [0.15, 0.2) is 0 Å². The Morgan fingerprint density at radius 1 is 1.18 bits per heavy atom. The first kappa shape index (κ1) is 20.0. The molecule has 6 nitrogen and oxygen atoms in total. The predicted molar refractivity (Wildman–Crippen MR) is 110 cm³/mol. The van der Waals surface area contributed by atoms with Crippen molar-refractivity contribution in [1.29, 1.82) is 0 Å². The maximum Gasteiger partial charge on any atom is 0.294 e. The number of carbonyl (C=O) groups is 3. The molecule has 0 aromatic heterocycles. The molecule has 8 heteroatoms. The Morgan fingerprint density at radius 2 is 1.89 bits per heavy atom. The quantitative estimate of drug-likeness (QED) is 0.706. The molecule has 0 radical (unpaired) electrons. The first-order chi connectivity index (χ1) is 13.5. The molecule has 1 aliphatic rings. The first-order valence-corrected chi connectivity index (χ1v) is 9.70. The fourth-order valence-electron chi connectivity index (χ4n) is 2.56. The molecule has 2 aromatic carbocycles. The minimum atomic E-state index is -0.518. The largest absolute Gasteiger partial charge is 0.493 e. The van der Waals surface area contributed by atoms with E-state index >= 15 is 0 Å². The molecule has 1 saturated heterocycles. The lowest BCUT2D eigenvalue weighted by Gasteiger charge is -2.13. The van der Waals surface area contributed by atoms with E-state index in [1.165, 1.54) is 0 Å². The molecule has 3 amide bonds. The van der Waals surface area contributed by atoms with Crippen LogP contribution in [0.4, 0.5) is 10.5 Å². The van der Waals surface area contributed by atoms with Gasteiger partial charge in [-0.2, -0.15) is 0 Å². The zero-order valence-corrected chi connectivity index (χ0v) is 16.5. The average Bonchev–Trinajstić information content (AvgIpc) is 2.93. The van der Waals surface area contributed by atoms with Gasteiger partial charge in [0.1, 0.15) is 12.3 Å². The maximum atomic E-state index is 12.6. The third kappa shape index (κ3) is 4.55. The van der Waals surface area contributed by atoms with Crippen molar-refractivity contribution < 1.29 is 19.1 Å². The fourth-order valence-corrected chi connectivity index (χ4v) is 3.57. The second-order valence-corrected chi connectivity index (χ2v) is 7.17. The number of amides is 3. The highest BCUT2D eigenvalue weighted by Crippen LogP contribution is 2.34. The summed E-state index contributed by atoms with van der Waals surface area (Å²) >= 11 is 6.80. The molecule has 1 N–H and O–H groups in total. The summed E-state index contributed by atoms with van der Waals surface area (Å²) in [5, 5.41) is 2.47. The van der Waals surface area contributed by atoms with E-state index in [0.717, 1.165) is 16.7 Å². The van der Waals surface area contributed by atoms with E-state index in [0.29, 0.717) is 28.6 Å². The van der Waals surface area contributed by atoms with Gasteiger partial charge >= 0.3 is 0 Å². The Labute approximate surface area is 171 Å². The van der Waals surface area contributed by atoms with Crippen LogP contribution in [-0.4, -0.2) is 35.1 Å². The third-order valence-electron chi connectivity index (χ3n) is 3.83. The summed E-state index contributed by atoms with van der Waals surface area (Å²) in [6.45, 7) is 1.96. The number of nitrogens with zero attached hydrogens (tertiary/aromatic N) is 1. The highest BCUT2D eigenvalue weighted by atomic mass is 35.5. The monoisotopic (exact) mass is 416 g/mol. The molecule has 1 aliphatic heterocycles. The summed E-state index contributed by atoms with van der Waals surface area (Å²) in [5.74, 6) is -0.407. The van der Waals surface area contributed by atoms with Crippen molar-refractivity contribution in [3.63, 3.8) is 0 Å². The highest BCUT2D eigenvalue weighted by molar-refractivity contribution is 8.18. The number of benzene rings is 2. The van der Waals surface area contributed by atoms with Crippen molar-refractivity contribution in [3.05, 3.63) is 64.0 Å². The van der Waals surface area contributed by atoms with Crippen molar-refractivity contribution in [1.82, 2.24) is 4.90 Å². The van der Waals surface area contributed by atoms with Crippen molar-refractivity contribution in [2.75, 3.05) is 18.5 Å². The number of rotatable bonds is 6. The van der Waals surface area contributed by atoms with E-state index in [1.807, 2.05) is 19.1 Å². The first-order valence-electron chi connectivity index (χ1n) is 8.51. The Kier molecular flexibility index (Phi) is 6.38. The van der Waals surface area contributed by atoms with Crippen molar-refractivity contribution >= 4 is 52.2 Å². The normalized spacial score (nSPS) is 15.2. The lowest BCUT2D eigenvalue weighted by Crippen LogP contribution is -2.36. The fraction of sp³-hybridized carbons (Fsp3) is 0.150. The predicted octanol–water partition coefficient (Wildman–Crippen LogP) is 4.41. The van der Waals surface area contributed by atoms with E-state index in [1.54, 1.807) is 42.5 Å². The molecule has 0 bridgehead atoms. The summed E-state index contributed by atoms with van der Waals surface area (Å²) in [5.41, 5.74) is 1.11. The van der Waals surface area contributed by atoms with Crippen LogP contribution in [0.5, 0.6) is 5.75 Å².